The van der Waals surface area contributed by atoms with Gasteiger partial charge in [0.25, 0.3) is 5.91 Å². The summed E-state index contributed by atoms with van der Waals surface area (Å²) in [5.41, 5.74) is 11.2. The van der Waals surface area contributed by atoms with Crippen LogP contribution in [0.1, 0.15) is 29.3 Å². The summed E-state index contributed by atoms with van der Waals surface area (Å²) in [5.74, 6) is -0.611. The Kier molecular flexibility index (Phi) is 5.68. The Hall–Kier alpha value is -3.15. The summed E-state index contributed by atoms with van der Waals surface area (Å²) < 4.78 is 0. The Morgan fingerprint density at radius 1 is 1.08 bits per heavy atom. The molecule has 6 heteroatoms. The lowest BCUT2D eigenvalue weighted by Gasteiger charge is -2.06. The first-order chi connectivity index (χ1) is 11.5. The summed E-state index contributed by atoms with van der Waals surface area (Å²) in [5, 5.41) is 6.71. The zero-order valence-corrected chi connectivity index (χ0v) is 13.7. The first-order valence-corrected chi connectivity index (χ1v) is 7.50. The first kappa shape index (κ1) is 17.2. The number of hydrogen-bond donors (Lipinski definition) is 3. The Morgan fingerprint density at radius 2 is 1.75 bits per heavy atom. The number of nitrogens with two attached hydrogens (primary N) is 1. The third-order valence-electron chi connectivity index (χ3n) is 3.31. The van der Waals surface area contributed by atoms with Crippen LogP contribution in [0.4, 0.5) is 11.4 Å². The van der Waals surface area contributed by atoms with E-state index in [1.54, 1.807) is 31.2 Å². The molecule has 0 bridgehead atoms. The Labute approximate surface area is 140 Å². The highest BCUT2D eigenvalue weighted by atomic mass is 16.2. The lowest BCUT2D eigenvalue weighted by molar-refractivity contribution is -0.115. The van der Waals surface area contributed by atoms with Gasteiger partial charge in [0.15, 0.2) is 0 Å². The highest BCUT2D eigenvalue weighted by Gasteiger charge is 2.09. The molecule has 24 heavy (non-hydrogen) atoms. The van der Waals surface area contributed by atoms with Crippen molar-refractivity contribution in [3.63, 3.8) is 0 Å². The van der Waals surface area contributed by atoms with Crippen LogP contribution in [-0.4, -0.2) is 17.5 Å². The van der Waals surface area contributed by atoms with Crippen LogP contribution >= 0.6 is 0 Å². The van der Waals surface area contributed by atoms with Gasteiger partial charge in [-0.1, -0.05) is 29.8 Å². The second-order valence-electron chi connectivity index (χ2n) is 5.47. The van der Waals surface area contributed by atoms with E-state index >= 15 is 0 Å². The molecule has 0 heterocycles. The van der Waals surface area contributed by atoms with E-state index in [-0.39, 0.29) is 12.3 Å². The van der Waals surface area contributed by atoms with Gasteiger partial charge in [-0.3, -0.25) is 9.59 Å². The van der Waals surface area contributed by atoms with Gasteiger partial charge < -0.3 is 11.1 Å². The van der Waals surface area contributed by atoms with Crippen molar-refractivity contribution in [2.75, 3.05) is 11.1 Å². The molecule has 0 saturated heterocycles. The summed E-state index contributed by atoms with van der Waals surface area (Å²) in [6.45, 7) is 3.65. The number of rotatable bonds is 5. The topological polar surface area (TPSA) is 96.6 Å². The van der Waals surface area contributed by atoms with Crippen molar-refractivity contribution < 1.29 is 9.59 Å². The molecule has 124 valence electrons. The van der Waals surface area contributed by atoms with E-state index in [0.29, 0.717) is 17.0 Å². The van der Waals surface area contributed by atoms with E-state index in [4.69, 9.17) is 5.73 Å². The van der Waals surface area contributed by atoms with Crippen molar-refractivity contribution in [2.24, 2.45) is 5.10 Å². The van der Waals surface area contributed by atoms with Crippen molar-refractivity contribution in [2.45, 2.75) is 20.3 Å². The number of benzene rings is 2. The fourth-order valence-electron chi connectivity index (χ4n) is 2.02. The number of amides is 2. The molecule has 0 aliphatic rings. The maximum atomic E-state index is 12.0. The Balaban J connectivity index is 1.89. The fourth-order valence-corrected chi connectivity index (χ4v) is 2.02. The minimum absolute atomic E-state index is 0.0818. The van der Waals surface area contributed by atoms with Crippen molar-refractivity contribution >= 4 is 28.9 Å². The van der Waals surface area contributed by atoms with E-state index in [0.717, 1.165) is 11.3 Å². The quantitative estimate of drug-likeness (QED) is 0.448. The van der Waals surface area contributed by atoms with Gasteiger partial charge in [0.2, 0.25) is 5.91 Å². The van der Waals surface area contributed by atoms with E-state index in [1.807, 2.05) is 31.2 Å². The van der Waals surface area contributed by atoms with Crippen LogP contribution in [0.3, 0.4) is 0 Å². The van der Waals surface area contributed by atoms with Crippen LogP contribution in [0.5, 0.6) is 0 Å². The monoisotopic (exact) mass is 324 g/mol. The van der Waals surface area contributed by atoms with Crippen LogP contribution in [-0.2, 0) is 4.79 Å². The highest BCUT2D eigenvalue weighted by molar-refractivity contribution is 6.06. The third kappa shape index (κ3) is 4.95. The number of hydrogen-bond acceptors (Lipinski definition) is 4. The summed E-state index contributed by atoms with van der Waals surface area (Å²) >= 11 is 0. The summed E-state index contributed by atoms with van der Waals surface area (Å²) in [6, 6.07) is 14.2. The maximum absolute atomic E-state index is 12.0. The van der Waals surface area contributed by atoms with Crippen molar-refractivity contribution in [1.82, 2.24) is 5.43 Å². The Bertz CT molecular complexity index is 767. The zero-order chi connectivity index (χ0) is 17.5. The van der Waals surface area contributed by atoms with Gasteiger partial charge in [0, 0.05) is 17.1 Å². The molecule has 0 aromatic heterocycles. The average molecular weight is 324 g/mol. The molecule has 0 saturated carbocycles. The minimum atomic E-state index is -0.411. The maximum Gasteiger partial charge on any atom is 0.273 e. The van der Waals surface area contributed by atoms with E-state index < -0.39 is 5.91 Å². The molecular weight excluding hydrogens is 304 g/mol. The second kappa shape index (κ2) is 7.92. The van der Waals surface area contributed by atoms with Crippen LogP contribution in [0.2, 0.25) is 0 Å². The van der Waals surface area contributed by atoms with Gasteiger partial charge in [-0.2, -0.15) is 5.10 Å². The molecule has 4 N–H and O–H groups in total. The molecule has 6 nitrogen and oxygen atoms in total. The van der Waals surface area contributed by atoms with Gasteiger partial charge in [-0.25, -0.2) is 5.43 Å². The molecule has 0 unspecified atom stereocenters. The SMILES string of the molecule is C/C(CC(=O)Nc1ccc(C)cc1)=N/NC(=O)c1ccccc1N. The van der Waals surface area contributed by atoms with Gasteiger partial charge in [-0.15, -0.1) is 0 Å². The van der Waals surface area contributed by atoms with E-state index in [2.05, 4.69) is 15.8 Å². The number of nitrogen functional groups attached to an aromatic ring is 1. The molecule has 2 amide bonds. The lowest BCUT2D eigenvalue weighted by atomic mass is 10.2. The molecule has 0 aliphatic carbocycles. The number of carbonyl (C=O) groups is 2. The Morgan fingerprint density at radius 3 is 2.42 bits per heavy atom. The molecule has 2 rings (SSSR count). The molecule has 0 aliphatic heterocycles. The zero-order valence-electron chi connectivity index (χ0n) is 13.7. The number of para-hydroxylation sites is 1. The normalized spacial score (nSPS) is 11.0. The number of carbonyl (C=O) groups excluding carboxylic acids is 2. The summed E-state index contributed by atoms with van der Waals surface area (Å²) in [7, 11) is 0. The number of nitrogens with zero attached hydrogens (tertiary/aromatic N) is 1. The van der Waals surface area contributed by atoms with Crippen LogP contribution in [0.25, 0.3) is 0 Å². The third-order valence-corrected chi connectivity index (χ3v) is 3.31. The van der Waals surface area contributed by atoms with Crippen molar-refractivity contribution in [3.8, 4) is 0 Å². The van der Waals surface area contributed by atoms with Crippen LogP contribution in [0.15, 0.2) is 53.6 Å². The number of nitrogens with one attached hydrogen (secondary N) is 2. The predicted octanol–water partition coefficient (Wildman–Crippen LogP) is 2.71. The average Bonchev–Trinajstić information content (AvgIpc) is 2.55. The van der Waals surface area contributed by atoms with Crippen LogP contribution < -0.4 is 16.5 Å². The largest absolute Gasteiger partial charge is 0.398 e. The molecule has 2 aromatic carbocycles. The number of aryl methyl sites for hydroxylation is 1. The van der Waals surface area contributed by atoms with E-state index in [1.165, 1.54) is 0 Å². The lowest BCUT2D eigenvalue weighted by Crippen LogP contribution is -2.22. The summed E-state index contributed by atoms with van der Waals surface area (Å²) in [4.78, 5) is 23.9. The molecule has 2 aromatic rings. The van der Waals surface area contributed by atoms with Crippen LogP contribution in [0, 0.1) is 6.92 Å². The van der Waals surface area contributed by atoms with Crippen molar-refractivity contribution in [1.29, 1.82) is 0 Å². The van der Waals surface area contributed by atoms with E-state index in [9.17, 15) is 9.59 Å². The predicted molar refractivity (Wildman–Crippen MR) is 95.9 cm³/mol. The molecule has 0 atom stereocenters. The van der Waals surface area contributed by atoms with Crippen molar-refractivity contribution in [3.05, 3.63) is 59.7 Å². The second-order valence-corrected chi connectivity index (χ2v) is 5.47. The number of hydrazone groups is 1. The van der Waals surface area contributed by atoms with Gasteiger partial charge in [0.1, 0.15) is 0 Å². The highest BCUT2D eigenvalue weighted by Crippen LogP contribution is 2.10. The van der Waals surface area contributed by atoms with Gasteiger partial charge >= 0.3 is 0 Å². The van der Waals surface area contributed by atoms with Gasteiger partial charge in [-0.05, 0) is 38.1 Å². The smallest absolute Gasteiger partial charge is 0.273 e. The summed E-state index contributed by atoms with van der Waals surface area (Å²) in [6.07, 6.45) is 0.0818. The fraction of sp³-hybridized carbons (Fsp3) is 0.167. The standard InChI is InChI=1S/C18H20N4O2/c1-12-7-9-14(10-8-12)20-17(23)11-13(2)21-22-18(24)15-5-3-4-6-16(15)19/h3-10H,11,19H2,1-2H3,(H,20,23)(H,22,24)/b21-13-. The number of anilines is 2. The van der Waals surface area contributed by atoms with Gasteiger partial charge in [0.05, 0.1) is 12.0 Å². The molecule has 0 radical (unpaired) electrons. The first-order valence-electron chi connectivity index (χ1n) is 7.50. The molecule has 0 fully saturated rings. The minimum Gasteiger partial charge on any atom is -0.398 e. The molecular formula is C18H20N4O2. The molecule has 0 spiro atoms.